The number of nitrogens with one attached hydrogen (secondary N) is 1. The first kappa shape index (κ1) is 10.8. The van der Waals surface area contributed by atoms with Crippen molar-refractivity contribution in [1.29, 1.82) is 0 Å². The highest BCUT2D eigenvalue weighted by Crippen LogP contribution is 2.17. The molecule has 0 bridgehead atoms. The summed E-state index contributed by atoms with van der Waals surface area (Å²) in [4.78, 5) is 13.8. The molecule has 1 saturated heterocycles. The van der Waals surface area contributed by atoms with Crippen LogP contribution in [0.25, 0.3) is 0 Å². The van der Waals surface area contributed by atoms with Gasteiger partial charge in [0.05, 0.1) is 17.2 Å². The molecule has 1 aromatic rings. The van der Waals surface area contributed by atoms with Crippen LogP contribution in [0.4, 0.5) is 5.69 Å². The Morgan fingerprint density at radius 3 is 3.19 bits per heavy atom. The van der Waals surface area contributed by atoms with Crippen molar-refractivity contribution in [2.24, 2.45) is 0 Å². The van der Waals surface area contributed by atoms with Gasteiger partial charge in [-0.25, -0.2) is 0 Å². The van der Waals surface area contributed by atoms with Crippen LogP contribution in [0.2, 0.25) is 0 Å². The van der Waals surface area contributed by atoms with E-state index in [0.29, 0.717) is 18.4 Å². The average Bonchev–Trinajstić information content (AvgIpc) is 2.79. The monoisotopic (exact) mass is 223 g/mol. The Labute approximate surface area is 92.8 Å². The van der Waals surface area contributed by atoms with E-state index in [0.717, 1.165) is 19.4 Å². The SMILES string of the molecule is O=[N+]([O-])c1cncc(OC[C@@H]2CCCN2)c1. The third-order valence-electron chi connectivity index (χ3n) is 2.52. The molecule has 1 aromatic heterocycles. The van der Waals surface area contributed by atoms with Crippen molar-refractivity contribution in [2.45, 2.75) is 18.9 Å². The Kier molecular flexibility index (Phi) is 3.31. The Bertz CT molecular complexity index is 377. The minimum absolute atomic E-state index is 0.0446. The first-order chi connectivity index (χ1) is 7.75. The Morgan fingerprint density at radius 1 is 1.62 bits per heavy atom. The average molecular weight is 223 g/mol. The molecule has 0 unspecified atom stereocenters. The Morgan fingerprint density at radius 2 is 2.50 bits per heavy atom. The molecule has 0 aromatic carbocycles. The highest BCUT2D eigenvalue weighted by atomic mass is 16.6. The first-order valence-electron chi connectivity index (χ1n) is 5.21. The molecule has 86 valence electrons. The van der Waals surface area contributed by atoms with Crippen molar-refractivity contribution < 1.29 is 9.66 Å². The maximum atomic E-state index is 10.5. The summed E-state index contributed by atoms with van der Waals surface area (Å²) >= 11 is 0. The third-order valence-corrected chi connectivity index (χ3v) is 2.52. The summed E-state index contributed by atoms with van der Waals surface area (Å²) in [5, 5.41) is 13.8. The van der Waals surface area contributed by atoms with Gasteiger partial charge in [0.15, 0.2) is 0 Å². The number of hydrogen-bond acceptors (Lipinski definition) is 5. The van der Waals surface area contributed by atoms with Gasteiger partial charge in [-0.15, -0.1) is 0 Å². The maximum Gasteiger partial charge on any atom is 0.291 e. The predicted octanol–water partition coefficient (Wildman–Crippen LogP) is 1.12. The molecular weight excluding hydrogens is 210 g/mol. The van der Waals surface area contributed by atoms with Gasteiger partial charge < -0.3 is 10.1 Å². The molecule has 0 radical (unpaired) electrons. The van der Waals surface area contributed by atoms with Crippen molar-refractivity contribution in [3.05, 3.63) is 28.6 Å². The number of nitro groups is 1. The van der Waals surface area contributed by atoms with Gasteiger partial charge in [-0.05, 0) is 19.4 Å². The summed E-state index contributed by atoms with van der Waals surface area (Å²) in [6.07, 6.45) is 4.94. The quantitative estimate of drug-likeness (QED) is 0.611. The lowest BCUT2D eigenvalue weighted by Crippen LogP contribution is -2.28. The number of nitrogens with zero attached hydrogens (tertiary/aromatic N) is 2. The van der Waals surface area contributed by atoms with E-state index in [1.165, 1.54) is 18.5 Å². The van der Waals surface area contributed by atoms with E-state index < -0.39 is 4.92 Å². The second kappa shape index (κ2) is 4.89. The van der Waals surface area contributed by atoms with E-state index in [-0.39, 0.29) is 5.69 Å². The topological polar surface area (TPSA) is 77.3 Å². The fraction of sp³-hybridized carbons (Fsp3) is 0.500. The smallest absolute Gasteiger partial charge is 0.291 e. The van der Waals surface area contributed by atoms with Crippen LogP contribution in [0.5, 0.6) is 5.75 Å². The minimum atomic E-state index is -0.478. The lowest BCUT2D eigenvalue weighted by molar-refractivity contribution is -0.385. The molecule has 6 heteroatoms. The summed E-state index contributed by atoms with van der Waals surface area (Å²) in [6.45, 7) is 1.55. The number of rotatable bonds is 4. The molecular formula is C10H13N3O3. The Balaban J connectivity index is 1.93. The summed E-state index contributed by atoms with van der Waals surface area (Å²) < 4.78 is 5.45. The van der Waals surface area contributed by atoms with E-state index in [9.17, 15) is 10.1 Å². The van der Waals surface area contributed by atoms with Crippen molar-refractivity contribution in [3.63, 3.8) is 0 Å². The molecule has 1 N–H and O–H groups in total. The van der Waals surface area contributed by atoms with E-state index in [1.54, 1.807) is 0 Å². The van der Waals surface area contributed by atoms with Gasteiger partial charge in [-0.1, -0.05) is 0 Å². The normalized spacial score (nSPS) is 19.6. The second-order valence-corrected chi connectivity index (χ2v) is 3.74. The molecule has 0 aliphatic carbocycles. The van der Waals surface area contributed by atoms with Gasteiger partial charge in [-0.3, -0.25) is 15.1 Å². The molecule has 6 nitrogen and oxygen atoms in total. The van der Waals surface area contributed by atoms with Crippen LogP contribution >= 0.6 is 0 Å². The molecule has 0 saturated carbocycles. The largest absolute Gasteiger partial charge is 0.490 e. The fourth-order valence-electron chi connectivity index (χ4n) is 1.68. The predicted molar refractivity (Wildman–Crippen MR) is 57.4 cm³/mol. The zero-order chi connectivity index (χ0) is 11.4. The zero-order valence-electron chi connectivity index (χ0n) is 8.76. The van der Waals surface area contributed by atoms with Crippen molar-refractivity contribution in [2.75, 3.05) is 13.2 Å². The van der Waals surface area contributed by atoms with Gasteiger partial charge in [0.25, 0.3) is 5.69 Å². The molecule has 1 aliphatic heterocycles. The van der Waals surface area contributed by atoms with Crippen LogP contribution < -0.4 is 10.1 Å². The molecule has 0 amide bonds. The van der Waals surface area contributed by atoms with Crippen LogP contribution in [0.3, 0.4) is 0 Å². The summed E-state index contributed by atoms with van der Waals surface area (Å²) in [5.41, 5.74) is -0.0446. The second-order valence-electron chi connectivity index (χ2n) is 3.74. The molecule has 1 atom stereocenters. The minimum Gasteiger partial charge on any atom is -0.490 e. The van der Waals surface area contributed by atoms with Gasteiger partial charge in [0, 0.05) is 6.04 Å². The highest BCUT2D eigenvalue weighted by molar-refractivity contribution is 5.33. The number of ether oxygens (including phenoxy) is 1. The summed E-state index contributed by atoms with van der Waals surface area (Å²) in [7, 11) is 0. The van der Waals surface area contributed by atoms with Gasteiger partial charge in [0.2, 0.25) is 0 Å². The van der Waals surface area contributed by atoms with Crippen LogP contribution in [-0.2, 0) is 0 Å². The number of hydrogen-bond donors (Lipinski definition) is 1. The summed E-state index contributed by atoms with van der Waals surface area (Å²) in [5.74, 6) is 0.447. The summed E-state index contributed by atoms with van der Waals surface area (Å²) in [6, 6.07) is 1.74. The fourth-order valence-corrected chi connectivity index (χ4v) is 1.68. The molecule has 2 rings (SSSR count). The van der Waals surface area contributed by atoms with E-state index in [1.807, 2.05) is 0 Å². The van der Waals surface area contributed by atoms with Crippen LogP contribution in [0.1, 0.15) is 12.8 Å². The molecule has 16 heavy (non-hydrogen) atoms. The van der Waals surface area contributed by atoms with Crippen LogP contribution in [0, 0.1) is 10.1 Å². The molecule has 1 aliphatic rings. The van der Waals surface area contributed by atoms with E-state index >= 15 is 0 Å². The standard InChI is InChI=1S/C10H13N3O3/c14-13(15)9-4-10(6-11-5-9)16-7-8-2-1-3-12-8/h4-6,8,12H,1-3,7H2/t8-/m0/s1. The molecule has 0 spiro atoms. The molecule has 1 fully saturated rings. The zero-order valence-corrected chi connectivity index (χ0v) is 8.76. The highest BCUT2D eigenvalue weighted by Gasteiger charge is 2.15. The van der Waals surface area contributed by atoms with E-state index in [4.69, 9.17) is 4.74 Å². The van der Waals surface area contributed by atoms with Gasteiger partial charge >= 0.3 is 0 Å². The van der Waals surface area contributed by atoms with Crippen molar-refractivity contribution in [3.8, 4) is 5.75 Å². The molecule has 2 heterocycles. The van der Waals surface area contributed by atoms with Gasteiger partial charge in [0.1, 0.15) is 18.6 Å². The van der Waals surface area contributed by atoms with Crippen molar-refractivity contribution >= 4 is 5.69 Å². The van der Waals surface area contributed by atoms with Crippen LogP contribution in [0.15, 0.2) is 18.5 Å². The first-order valence-corrected chi connectivity index (χ1v) is 5.21. The van der Waals surface area contributed by atoms with E-state index in [2.05, 4.69) is 10.3 Å². The third kappa shape index (κ3) is 2.66. The van der Waals surface area contributed by atoms with Crippen LogP contribution in [-0.4, -0.2) is 29.1 Å². The maximum absolute atomic E-state index is 10.5. The van der Waals surface area contributed by atoms with Gasteiger partial charge in [-0.2, -0.15) is 0 Å². The van der Waals surface area contributed by atoms with Crippen molar-refractivity contribution in [1.82, 2.24) is 10.3 Å². The number of pyridine rings is 1. The lowest BCUT2D eigenvalue weighted by atomic mass is 10.2. The Hall–Kier alpha value is -1.69. The number of aromatic nitrogens is 1. The lowest BCUT2D eigenvalue weighted by Gasteiger charge is -2.11.